The number of hydrogen-bond acceptors (Lipinski definition) is 4. The first kappa shape index (κ1) is 13.1. The van der Waals surface area contributed by atoms with Gasteiger partial charge in [0.15, 0.2) is 0 Å². The van der Waals surface area contributed by atoms with Crippen molar-refractivity contribution in [3.8, 4) is 0 Å². The van der Waals surface area contributed by atoms with Crippen LogP contribution in [0.3, 0.4) is 0 Å². The smallest absolute Gasteiger partial charge is 0.462 e. The molecule has 0 saturated heterocycles. The first-order chi connectivity index (χ1) is 7.22. The van der Waals surface area contributed by atoms with E-state index >= 15 is 0 Å². The van der Waals surface area contributed by atoms with Gasteiger partial charge in [-0.3, -0.25) is 0 Å². The molecular formula is C8H11F3O4S. The highest BCUT2D eigenvalue weighted by Crippen LogP contribution is 2.28. The van der Waals surface area contributed by atoms with Crippen LogP contribution < -0.4 is 0 Å². The van der Waals surface area contributed by atoms with E-state index in [1.165, 1.54) is 6.08 Å². The maximum Gasteiger partial charge on any atom is 0.534 e. The van der Waals surface area contributed by atoms with Crippen molar-refractivity contribution in [2.24, 2.45) is 0 Å². The van der Waals surface area contributed by atoms with Crippen LogP contribution in [0, 0.1) is 0 Å². The number of alkyl halides is 3. The van der Waals surface area contributed by atoms with Crippen molar-refractivity contribution in [3.05, 3.63) is 12.0 Å². The highest BCUT2D eigenvalue weighted by molar-refractivity contribution is 7.87. The summed E-state index contributed by atoms with van der Waals surface area (Å²) in [6.07, 6.45) is 2.60. The third-order valence-electron chi connectivity index (χ3n) is 1.92. The minimum Gasteiger partial charge on any atom is -0.462 e. The normalized spacial score (nSPS) is 23.0. The molecule has 1 rings (SSSR count). The molecule has 94 valence electrons. The van der Waals surface area contributed by atoms with E-state index < -0.39 is 21.6 Å². The summed E-state index contributed by atoms with van der Waals surface area (Å²) < 4.78 is 66.1. The molecule has 1 aliphatic rings. The highest BCUT2D eigenvalue weighted by Gasteiger charge is 2.49. The number of hydrogen-bond donors (Lipinski definition) is 0. The van der Waals surface area contributed by atoms with Crippen molar-refractivity contribution in [2.45, 2.75) is 37.8 Å². The lowest BCUT2D eigenvalue weighted by Crippen LogP contribution is -2.26. The fraction of sp³-hybridized carbons (Fsp3) is 0.750. The summed E-state index contributed by atoms with van der Waals surface area (Å²) in [4.78, 5) is 0. The van der Waals surface area contributed by atoms with E-state index in [2.05, 4.69) is 4.18 Å². The maximum absolute atomic E-state index is 12.0. The van der Waals surface area contributed by atoms with Crippen LogP contribution in [0.15, 0.2) is 12.0 Å². The maximum atomic E-state index is 12.0. The van der Waals surface area contributed by atoms with E-state index in [-0.39, 0.29) is 6.10 Å². The molecule has 16 heavy (non-hydrogen) atoms. The first-order valence-corrected chi connectivity index (χ1v) is 6.01. The number of halogens is 3. The van der Waals surface area contributed by atoms with Crippen molar-refractivity contribution in [2.75, 3.05) is 0 Å². The zero-order valence-corrected chi connectivity index (χ0v) is 9.27. The minimum atomic E-state index is -5.63. The van der Waals surface area contributed by atoms with Gasteiger partial charge in [-0.2, -0.15) is 21.6 Å². The monoisotopic (exact) mass is 260 g/mol. The third kappa shape index (κ3) is 3.29. The second-order valence-corrected chi connectivity index (χ2v) is 4.90. The topological polar surface area (TPSA) is 52.6 Å². The zero-order chi connectivity index (χ0) is 12.4. The van der Waals surface area contributed by atoms with Crippen molar-refractivity contribution in [1.82, 2.24) is 0 Å². The molecule has 0 saturated carbocycles. The van der Waals surface area contributed by atoms with Gasteiger partial charge in [0.05, 0.1) is 6.10 Å². The molecule has 0 fully saturated rings. The molecule has 1 unspecified atom stereocenters. The Balaban J connectivity index is 2.77. The summed E-state index contributed by atoms with van der Waals surface area (Å²) in [7, 11) is -5.63. The van der Waals surface area contributed by atoms with Crippen LogP contribution in [-0.2, 0) is 19.0 Å². The van der Waals surface area contributed by atoms with Gasteiger partial charge in [-0.05, 0) is 32.3 Å². The summed E-state index contributed by atoms with van der Waals surface area (Å²) in [6.45, 7) is 1.63. The zero-order valence-electron chi connectivity index (χ0n) is 8.45. The molecule has 0 aliphatic carbocycles. The first-order valence-electron chi connectivity index (χ1n) is 4.60. The molecule has 0 aromatic carbocycles. The van der Waals surface area contributed by atoms with Crippen molar-refractivity contribution < 1.29 is 30.5 Å². The van der Waals surface area contributed by atoms with Crippen molar-refractivity contribution >= 4 is 10.1 Å². The van der Waals surface area contributed by atoms with Crippen molar-refractivity contribution in [1.29, 1.82) is 0 Å². The Morgan fingerprint density at radius 3 is 2.69 bits per heavy atom. The van der Waals surface area contributed by atoms with E-state index in [0.29, 0.717) is 19.3 Å². The van der Waals surface area contributed by atoms with Gasteiger partial charge < -0.3 is 8.92 Å². The highest BCUT2D eigenvalue weighted by atomic mass is 32.2. The molecule has 1 heterocycles. The van der Waals surface area contributed by atoms with Gasteiger partial charge in [0.1, 0.15) is 0 Å². The summed E-state index contributed by atoms with van der Waals surface area (Å²) >= 11 is 0. The van der Waals surface area contributed by atoms with Crippen LogP contribution in [-0.4, -0.2) is 20.0 Å². The molecule has 0 aromatic rings. The number of ether oxygens (including phenoxy) is 1. The average molecular weight is 260 g/mol. The summed E-state index contributed by atoms with van der Waals surface area (Å²) in [5.74, 6) is -0.595. The summed E-state index contributed by atoms with van der Waals surface area (Å²) in [5.41, 5.74) is -5.44. The Morgan fingerprint density at radius 1 is 1.50 bits per heavy atom. The summed E-state index contributed by atoms with van der Waals surface area (Å²) in [5, 5.41) is 0. The summed E-state index contributed by atoms with van der Waals surface area (Å²) in [6, 6.07) is 0. The van der Waals surface area contributed by atoms with Gasteiger partial charge in [-0.15, -0.1) is 0 Å². The lowest BCUT2D eigenvalue weighted by molar-refractivity contribution is -0.0580. The molecule has 0 spiro atoms. The number of allylic oxidation sites excluding steroid dienone is 1. The number of rotatable bonds is 2. The lowest BCUT2D eigenvalue weighted by atomic mass is 10.2. The predicted octanol–water partition coefficient (Wildman–Crippen LogP) is 2.28. The Morgan fingerprint density at radius 2 is 2.12 bits per heavy atom. The van der Waals surface area contributed by atoms with Crippen LogP contribution >= 0.6 is 0 Å². The molecule has 1 aliphatic heterocycles. The third-order valence-corrected chi connectivity index (χ3v) is 2.87. The van der Waals surface area contributed by atoms with E-state index in [0.717, 1.165) is 0 Å². The van der Waals surface area contributed by atoms with E-state index in [1.54, 1.807) is 6.92 Å². The SMILES string of the molecule is CC1CCCC=C(OS(=O)(=O)C(F)(F)F)O1. The van der Waals surface area contributed by atoms with Gasteiger partial charge in [-0.1, -0.05) is 0 Å². The van der Waals surface area contributed by atoms with Gasteiger partial charge in [0, 0.05) is 0 Å². The van der Waals surface area contributed by atoms with Gasteiger partial charge >= 0.3 is 15.6 Å². The Hall–Kier alpha value is -0.920. The van der Waals surface area contributed by atoms with Crippen LogP contribution in [0.25, 0.3) is 0 Å². The Bertz CT molecular complexity index is 371. The molecule has 4 nitrogen and oxygen atoms in total. The minimum absolute atomic E-state index is 0.364. The second kappa shape index (κ2) is 4.52. The van der Waals surface area contributed by atoms with Crippen LogP contribution in [0.2, 0.25) is 0 Å². The van der Waals surface area contributed by atoms with E-state index in [4.69, 9.17) is 4.74 Å². The average Bonchev–Trinajstić information content (AvgIpc) is 2.27. The molecular weight excluding hydrogens is 249 g/mol. The van der Waals surface area contributed by atoms with Gasteiger partial charge in [-0.25, -0.2) is 0 Å². The van der Waals surface area contributed by atoms with E-state index in [1.807, 2.05) is 0 Å². The van der Waals surface area contributed by atoms with Crippen molar-refractivity contribution in [3.63, 3.8) is 0 Å². The predicted molar refractivity (Wildman–Crippen MR) is 48.5 cm³/mol. The van der Waals surface area contributed by atoms with Crippen LogP contribution in [0.4, 0.5) is 13.2 Å². The molecule has 0 amide bonds. The van der Waals surface area contributed by atoms with Crippen LogP contribution in [0.1, 0.15) is 26.2 Å². The molecule has 8 heteroatoms. The van der Waals surface area contributed by atoms with Gasteiger partial charge in [0.2, 0.25) is 0 Å². The fourth-order valence-electron chi connectivity index (χ4n) is 1.14. The Kier molecular flexibility index (Phi) is 3.72. The molecule has 0 radical (unpaired) electrons. The Labute approximate surface area is 91.2 Å². The standard InChI is InChI=1S/C8H11F3O4S/c1-6-4-2-3-5-7(14-6)15-16(12,13)8(9,10)11/h5-6H,2-4H2,1H3. The quantitative estimate of drug-likeness (QED) is 0.564. The van der Waals surface area contributed by atoms with Gasteiger partial charge in [0.25, 0.3) is 5.95 Å². The largest absolute Gasteiger partial charge is 0.534 e. The molecule has 0 bridgehead atoms. The van der Waals surface area contributed by atoms with E-state index in [9.17, 15) is 21.6 Å². The second-order valence-electron chi connectivity index (χ2n) is 3.37. The fourth-order valence-corrected chi connectivity index (χ4v) is 1.56. The van der Waals surface area contributed by atoms with Crippen LogP contribution in [0.5, 0.6) is 0 Å². The molecule has 1 atom stereocenters. The molecule has 0 N–H and O–H groups in total. The lowest BCUT2D eigenvalue weighted by Gasteiger charge is -2.15. The molecule has 0 aromatic heterocycles.